The van der Waals surface area contributed by atoms with Crippen molar-refractivity contribution in [3.63, 3.8) is 0 Å². The van der Waals surface area contributed by atoms with Crippen LogP contribution >= 0.6 is 11.8 Å². The quantitative estimate of drug-likeness (QED) is 0.337. The average molecular weight is 396 g/mol. The lowest BCUT2D eigenvalue weighted by Gasteiger charge is -2.11. The van der Waals surface area contributed by atoms with Gasteiger partial charge in [-0.2, -0.15) is 0 Å². The second-order valence-corrected chi connectivity index (χ2v) is 7.66. The van der Waals surface area contributed by atoms with E-state index in [0.29, 0.717) is 23.5 Å². The second-order valence-electron chi connectivity index (χ2n) is 6.71. The summed E-state index contributed by atoms with van der Waals surface area (Å²) in [6.45, 7) is 2.77. The molecule has 2 heterocycles. The Labute approximate surface area is 166 Å². The Morgan fingerprint density at radius 3 is 2.61 bits per heavy atom. The smallest absolute Gasteiger partial charge is 0.262 e. The third-order valence-corrected chi connectivity index (χ3v) is 5.74. The summed E-state index contributed by atoms with van der Waals surface area (Å²) < 4.78 is 16.8. The zero-order valence-corrected chi connectivity index (χ0v) is 16.5. The van der Waals surface area contributed by atoms with Crippen LogP contribution in [-0.2, 0) is 12.3 Å². The van der Waals surface area contributed by atoms with Crippen molar-refractivity contribution in [1.82, 2.24) is 19.2 Å². The van der Waals surface area contributed by atoms with E-state index in [0.717, 1.165) is 35.5 Å². The highest BCUT2D eigenvalue weighted by atomic mass is 32.2. The van der Waals surface area contributed by atoms with Gasteiger partial charge in [-0.05, 0) is 36.2 Å². The molecule has 0 amide bonds. The van der Waals surface area contributed by atoms with Crippen LogP contribution in [0, 0.1) is 5.82 Å². The SMILES string of the molecule is CCCCCn1c(=O)c2ccccc2n2c(SCc3ccc(F)cc3)nnc12. The largest absolute Gasteiger partial charge is 0.276 e. The van der Waals surface area contributed by atoms with Crippen LogP contribution in [0.2, 0.25) is 0 Å². The molecule has 0 aliphatic rings. The average Bonchev–Trinajstić information content (AvgIpc) is 3.14. The van der Waals surface area contributed by atoms with Crippen LogP contribution < -0.4 is 5.56 Å². The first-order chi connectivity index (χ1) is 13.7. The minimum atomic E-state index is -0.247. The maximum Gasteiger partial charge on any atom is 0.262 e. The number of para-hydroxylation sites is 1. The number of aryl methyl sites for hydroxylation is 1. The van der Waals surface area contributed by atoms with Crippen LogP contribution in [0.25, 0.3) is 16.7 Å². The van der Waals surface area contributed by atoms with Gasteiger partial charge in [0.05, 0.1) is 10.9 Å². The fourth-order valence-electron chi connectivity index (χ4n) is 3.28. The molecule has 5 nitrogen and oxygen atoms in total. The van der Waals surface area contributed by atoms with Crippen molar-refractivity contribution in [1.29, 1.82) is 0 Å². The van der Waals surface area contributed by atoms with E-state index < -0.39 is 0 Å². The van der Waals surface area contributed by atoms with Gasteiger partial charge in [-0.25, -0.2) is 4.39 Å². The molecule has 0 atom stereocenters. The Balaban J connectivity index is 1.77. The number of hydrogen-bond acceptors (Lipinski definition) is 4. The van der Waals surface area contributed by atoms with E-state index in [1.807, 2.05) is 28.7 Å². The number of halogens is 1. The van der Waals surface area contributed by atoms with Gasteiger partial charge in [-0.1, -0.05) is 55.8 Å². The molecule has 0 bridgehead atoms. The normalized spacial score (nSPS) is 11.5. The molecule has 0 aliphatic heterocycles. The molecule has 4 aromatic rings. The Bertz CT molecular complexity index is 1170. The molecule has 0 spiro atoms. The maximum absolute atomic E-state index is 13.1. The minimum Gasteiger partial charge on any atom is -0.276 e. The first kappa shape index (κ1) is 18.7. The van der Waals surface area contributed by atoms with Crippen LogP contribution in [0.1, 0.15) is 31.7 Å². The number of aromatic nitrogens is 4. The first-order valence-corrected chi connectivity index (χ1v) is 10.4. The summed E-state index contributed by atoms with van der Waals surface area (Å²) in [6, 6.07) is 14.0. The fraction of sp³-hybridized carbons (Fsp3) is 0.286. The lowest BCUT2D eigenvalue weighted by atomic mass is 10.2. The van der Waals surface area contributed by atoms with E-state index in [-0.39, 0.29) is 11.4 Å². The number of unbranched alkanes of at least 4 members (excludes halogenated alkanes) is 2. The second kappa shape index (κ2) is 8.14. The standard InChI is InChI=1S/C21H21FN4OS/c1-2-3-6-13-25-19(27)17-7-4-5-8-18(17)26-20(25)23-24-21(26)28-14-15-9-11-16(22)12-10-15/h4-5,7-12H,2-3,6,13-14H2,1H3. The maximum atomic E-state index is 13.1. The lowest BCUT2D eigenvalue weighted by molar-refractivity contribution is 0.594. The van der Waals surface area contributed by atoms with Gasteiger partial charge in [0.15, 0.2) is 5.16 Å². The topological polar surface area (TPSA) is 52.2 Å². The highest BCUT2D eigenvalue weighted by Crippen LogP contribution is 2.25. The summed E-state index contributed by atoms with van der Waals surface area (Å²) in [6.07, 6.45) is 3.07. The molecule has 0 fully saturated rings. The van der Waals surface area contributed by atoms with Gasteiger partial charge in [-0.3, -0.25) is 13.8 Å². The van der Waals surface area contributed by atoms with Gasteiger partial charge in [0.25, 0.3) is 5.56 Å². The van der Waals surface area contributed by atoms with Crippen LogP contribution in [0.15, 0.2) is 58.5 Å². The molecule has 0 saturated carbocycles. The zero-order chi connectivity index (χ0) is 19.5. The van der Waals surface area contributed by atoms with Crippen LogP contribution in [-0.4, -0.2) is 19.2 Å². The van der Waals surface area contributed by atoms with Crippen LogP contribution in [0.3, 0.4) is 0 Å². The van der Waals surface area contributed by atoms with Gasteiger partial charge in [0.2, 0.25) is 5.78 Å². The fourth-order valence-corrected chi connectivity index (χ4v) is 4.17. The monoisotopic (exact) mass is 396 g/mol. The summed E-state index contributed by atoms with van der Waals surface area (Å²) in [7, 11) is 0. The predicted octanol–water partition coefficient (Wildman–Crippen LogP) is 4.67. The third-order valence-electron chi connectivity index (χ3n) is 4.74. The molecule has 2 aromatic heterocycles. The summed E-state index contributed by atoms with van der Waals surface area (Å²) in [5.41, 5.74) is 1.78. The number of hydrogen-bond donors (Lipinski definition) is 0. The van der Waals surface area contributed by atoms with Crippen molar-refractivity contribution in [3.05, 3.63) is 70.3 Å². The third kappa shape index (κ3) is 3.54. The number of fused-ring (bicyclic) bond motifs is 3. The molecule has 28 heavy (non-hydrogen) atoms. The van der Waals surface area contributed by atoms with E-state index in [4.69, 9.17) is 0 Å². The molecule has 7 heteroatoms. The van der Waals surface area contributed by atoms with Gasteiger partial charge in [0, 0.05) is 12.3 Å². The summed E-state index contributed by atoms with van der Waals surface area (Å²) >= 11 is 1.52. The van der Waals surface area contributed by atoms with Gasteiger partial charge < -0.3 is 0 Å². The molecular weight excluding hydrogens is 375 g/mol. The van der Waals surface area contributed by atoms with E-state index in [1.54, 1.807) is 16.7 Å². The molecule has 0 radical (unpaired) electrons. The zero-order valence-electron chi connectivity index (χ0n) is 15.6. The van der Waals surface area contributed by atoms with E-state index >= 15 is 0 Å². The lowest BCUT2D eigenvalue weighted by Crippen LogP contribution is -2.23. The van der Waals surface area contributed by atoms with Crippen molar-refractivity contribution in [2.24, 2.45) is 0 Å². The number of nitrogens with zero attached hydrogens (tertiary/aromatic N) is 4. The predicted molar refractivity (Wildman–Crippen MR) is 110 cm³/mol. The van der Waals surface area contributed by atoms with Gasteiger partial charge in [0.1, 0.15) is 5.82 Å². The first-order valence-electron chi connectivity index (χ1n) is 9.43. The van der Waals surface area contributed by atoms with Crippen LogP contribution in [0.5, 0.6) is 0 Å². The number of rotatable bonds is 7. The van der Waals surface area contributed by atoms with Crippen molar-refractivity contribution in [2.75, 3.05) is 0 Å². The molecule has 0 N–H and O–H groups in total. The van der Waals surface area contributed by atoms with E-state index in [1.165, 1.54) is 23.9 Å². The Morgan fingerprint density at radius 1 is 1.04 bits per heavy atom. The Hall–Kier alpha value is -2.67. The molecule has 0 aliphatic carbocycles. The number of benzene rings is 2. The van der Waals surface area contributed by atoms with Gasteiger partial charge in [-0.15, -0.1) is 10.2 Å². The molecular formula is C21H21FN4OS. The highest BCUT2D eigenvalue weighted by Gasteiger charge is 2.16. The number of thioether (sulfide) groups is 1. The van der Waals surface area contributed by atoms with Crippen LogP contribution in [0.4, 0.5) is 4.39 Å². The Kier molecular flexibility index (Phi) is 5.43. The molecule has 4 rings (SSSR count). The molecule has 0 unspecified atom stereocenters. The molecule has 0 saturated heterocycles. The summed E-state index contributed by atoms with van der Waals surface area (Å²) in [5.74, 6) is 0.967. The summed E-state index contributed by atoms with van der Waals surface area (Å²) in [5, 5.41) is 10.1. The van der Waals surface area contributed by atoms with E-state index in [2.05, 4.69) is 17.1 Å². The van der Waals surface area contributed by atoms with Crippen molar-refractivity contribution < 1.29 is 4.39 Å². The summed E-state index contributed by atoms with van der Waals surface area (Å²) in [4.78, 5) is 13.0. The minimum absolute atomic E-state index is 0.0262. The molecule has 144 valence electrons. The molecule has 2 aromatic carbocycles. The van der Waals surface area contributed by atoms with E-state index in [9.17, 15) is 9.18 Å². The van der Waals surface area contributed by atoms with Crippen molar-refractivity contribution in [3.8, 4) is 0 Å². The Morgan fingerprint density at radius 2 is 1.82 bits per heavy atom. The van der Waals surface area contributed by atoms with Crippen molar-refractivity contribution >= 4 is 28.4 Å². The van der Waals surface area contributed by atoms with Crippen molar-refractivity contribution in [2.45, 2.75) is 43.6 Å². The van der Waals surface area contributed by atoms with Gasteiger partial charge >= 0.3 is 0 Å². The highest BCUT2D eigenvalue weighted by molar-refractivity contribution is 7.98.